The Morgan fingerprint density at radius 2 is 2.47 bits per heavy atom. The topological polar surface area (TPSA) is 28.2 Å². The molecule has 2 unspecified atom stereocenters. The first kappa shape index (κ1) is 13.0. The molecule has 4 heteroatoms. The standard InChI is InChI=1S/C13H23N3S/c1-4-16-6-5-12(8-16)7-14-10(2)13-9-17-11(3)15-13/h9-10,12,14H,4-8H2,1-3H3. The molecule has 0 spiro atoms. The Morgan fingerprint density at radius 3 is 3.06 bits per heavy atom. The molecule has 0 saturated carbocycles. The van der Waals surface area contributed by atoms with Gasteiger partial charge in [0.15, 0.2) is 0 Å². The van der Waals surface area contributed by atoms with Gasteiger partial charge in [-0.15, -0.1) is 11.3 Å². The van der Waals surface area contributed by atoms with Gasteiger partial charge in [0.2, 0.25) is 0 Å². The van der Waals surface area contributed by atoms with Crippen molar-refractivity contribution in [1.29, 1.82) is 0 Å². The number of aryl methyl sites for hydroxylation is 1. The molecule has 96 valence electrons. The Kier molecular flexibility index (Phi) is 4.54. The van der Waals surface area contributed by atoms with E-state index < -0.39 is 0 Å². The Labute approximate surface area is 108 Å². The minimum Gasteiger partial charge on any atom is -0.309 e. The number of hydrogen-bond acceptors (Lipinski definition) is 4. The maximum Gasteiger partial charge on any atom is 0.0898 e. The van der Waals surface area contributed by atoms with Crippen molar-refractivity contribution >= 4 is 11.3 Å². The van der Waals surface area contributed by atoms with Crippen LogP contribution in [0.3, 0.4) is 0 Å². The zero-order chi connectivity index (χ0) is 12.3. The van der Waals surface area contributed by atoms with Crippen molar-refractivity contribution in [2.75, 3.05) is 26.2 Å². The molecule has 1 saturated heterocycles. The van der Waals surface area contributed by atoms with E-state index in [2.05, 4.69) is 41.4 Å². The summed E-state index contributed by atoms with van der Waals surface area (Å²) in [6.07, 6.45) is 1.34. The highest BCUT2D eigenvalue weighted by Gasteiger charge is 2.21. The van der Waals surface area contributed by atoms with E-state index in [1.54, 1.807) is 11.3 Å². The summed E-state index contributed by atoms with van der Waals surface area (Å²) in [4.78, 5) is 7.06. The molecule has 1 N–H and O–H groups in total. The fourth-order valence-corrected chi connectivity index (χ4v) is 3.10. The summed E-state index contributed by atoms with van der Waals surface area (Å²) in [6, 6.07) is 0.385. The van der Waals surface area contributed by atoms with E-state index in [1.165, 1.54) is 31.7 Å². The molecule has 0 aliphatic carbocycles. The number of likely N-dealkylation sites (tertiary alicyclic amines) is 1. The highest BCUT2D eigenvalue weighted by atomic mass is 32.1. The van der Waals surface area contributed by atoms with Crippen LogP contribution in [0.5, 0.6) is 0 Å². The van der Waals surface area contributed by atoms with Gasteiger partial charge in [0.05, 0.1) is 10.7 Å². The SMILES string of the molecule is CCN1CCC(CNC(C)c2csc(C)n2)C1. The summed E-state index contributed by atoms with van der Waals surface area (Å²) in [5, 5.41) is 6.94. The summed E-state index contributed by atoms with van der Waals surface area (Å²) in [7, 11) is 0. The summed E-state index contributed by atoms with van der Waals surface area (Å²) in [5.74, 6) is 0.817. The van der Waals surface area contributed by atoms with E-state index in [0.29, 0.717) is 6.04 Å². The van der Waals surface area contributed by atoms with Crippen LogP contribution < -0.4 is 5.32 Å². The monoisotopic (exact) mass is 253 g/mol. The van der Waals surface area contributed by atoms with E-state index in [0.717, 1.165) is 17.5 Å². The van der Waals surface area contributed by atoms with Gasteiger partial charge in [-0.3, -0.25) is 0 Å². The van der Waals surface area contributed by atoms with E-state index in [1.807, 2.05) is 0 Å². The van der Waals surface area contributed by atoms with Crippen LogP contribution in [0.25, 0.3) is 0 Å². The lowest BCUT2D eigenvalue weighted by atomic mass is 10.1. The van der Waals surface area contributed by atoms with E-state index >= 15 is 0 Å². The number of rotatable bonds is 5. The van der Waals surface area contributed by atoms with Crippen molar-refractivity contribution in [2.45, 2.75) is 33.2 Å². The number of nitrogens with one attached hydrogen (secondary N) is 1. The first-order valence-electron chi connectivity index (χ1n) is 6.56. The number of thiazole rings is 1. The normalized spacial score (nSPS) is 23.1. The third-order valence-corrected chi connectivity index (χ3v) is 4.40. The quantitative estimate of drug-likeness (QED) is 0.873. The molecular weight excluding hydrogens is 230 g/mol. The van der Waals surface area contributed by atoms with Crippen LogP contribution in [-0.4, -0.2) is 36.1 Å². The highest BCUT2D eigenvalue weighted by Crippen LogP contribution is 2.18. The van der Waals surface area contributed by atoms with Crippen LogP contribution >= 0.6 is 11.3 Å². The molecule has 1 aliphatic heterocycles. The lowest BCUT2D eigenvalue weighted by Gasteiger charge is -2.16. The predicted molar refractivity (Wildman–Crippen MR) is 73.5 cm³/mol. The van der Waals surface area contributed by atoms with Crippen molar-refractivity contribution < 1.29 is 0 Å². The molecule has 3 nitrogen and oxygen atoms in total. The third-order valence-electron chi connectivity index (χ3n) is 3.61. The van der Waals surface area contributed by atoms with Crippen molar-refractivity contribution in [1.82, 2.24) is 15.2 Å². The molecule has 0 aromatic carbocycles. The first-order valence-corrected chi connectivity index (χ1v) is 7.44. The smallest absolute Gasteiger partial charge is 0.0898 e. The maximum absolute atomic E-state index is 4.53. The number of aromatic nitrogens is 1. The van der Waals surface area contributed by atoms with Gasteiger partial charge < -0.3 is 10.2 Å². The van der Waals surface area contributed by atoms with Gasteiger partial charge in [0.1, 0.15) is 0 Å². The van der Waals surface area contributed by atoms with Crippen LogP contribution in [0, 0.1) is 12.8 Å². The van der Waals surface area contributed by atoms with Crippen LogP contribution in [0.2, 0.25) is 0 Å². The van der Waals surface area contributed by atoms with Crippen molar-refractivity contribution in [3.05, 3.63) is 16.1 Å². The van der Waals surface area contributed by atoms with Crippen LogP contribution in [0.4, 0.5) is 0 Å². The van der Waals surface area contributed by atoms with Gasteiger partial charge in [-0.05, 0) is 45.8 Å². The van der Waals surface area contributed by atoms with Gasteiger partial charge in [-0.25, -0.2) is 4.98 Å². The summed E-state index contributed by atoms with van der Waals surface area (Å²) in [5.41, 5.74) is 1.19. The lowest BCUT2D eigenvalue weighted by molar-refractivity contribution is 0.336. The highest BCUT2D eigenvalue weighted by molar-refractivity contribution is 7.09. The Morgan fingerprint density at radius 1 is 1.65 bits per heavy atom. The third kappa shape index (κ3) is 3.50. The summed E-state index contributed by atoms with van der Waals surface area (Å²) in [6.45, 7) is 11.4. The predicted octanol–water partition coefficient (Wildman–Crippen LogP) is 2.44. The van der Waals surface area contributed by atoms with Crippen molar-refractivity contribution in [2.24, 2.45) is 5.92 Å². The Hall–Kier alpha value is -0.450. The number of hydrogen-bond donors (Lipinski definition) is 1. The average Bonchev–Trinajstić information content (AvgIpc) is 2.94. The molecule has 2 atom stereocenters. The zero-order valence-corrected chi connectivity index (χ0v) is 11.9. The van der Waals surface area contributed by atoms with Crippen LogP contribution in [-0.2, 0) is 0 Å². The molecule has 1 aliphatic rings. The zero-order valence-electron chi connectivity index (χ0n) is 11.1. The minimum absolute atomic E-state index is 0.385. The summed E-state index contributed by atoms with van der Waals surface area (Å²) >= 11 is 1.74. The second-order valence-electron chi connectivity index (χ2n) is 4.97. The van der Waals surface area contributed by atoms with E-state index in [4.69, 9.17) is 0 Å². The fourth-order valence-electron chi connectivity index (χ4n) is 2.39. The van der Waals surface area contributed by atoms with Gasteiger partial charge in [-0.1, -0.05) is 6.92 Å². The maximum atomic E-state index is 4.53. The second-order valence-corrected chi connectivity index (χ2v) is 6.03. The average molecular weight is 253 g/mol. The molecule has 17 heavy (non-hydrogen) atoms. The molecule has 2 rings (SSSR count). The van der Waals surface area contributed by atoms with Crippen molar-refractivity contribution in [3.63, 3.8) is 0 Å². The van der Waals surface area contributed by atoms with Gasteiger partial charge >= 0.3 is 0 Å². The molecule has 0 bridgehead atoms. The summed E-state index contributed by atoms with van der Waals surface area (Å²) < 4.78 is 0. The molecular formula is C13H23N3S. The lowest BCUT2D eigenvalue weighted by Crippen LogP contribution is -2.28. The molecule has 1 aromatic heterocycles. The molecule has 2 heterocycles. The van der Waals surface area contributed by atoms with E-state index in [9.17, 15) is 0 Å². The molecule has 1 aromatic rings. The van der Waals surface area contributed by atoms with Gasteiger partial charge in [0.25, 0.3) is 0 Å². The molecule has 1 fully saturated rings. The largest absolute Gasteiger partial charge is 0.309 e. The van der Waals surface area contributed by atoms with Crippen LogP contribution in [0.1, 0.15) is 37.0 Å². The van der Waals surface area contributed by atoms with E-state index in [-0.39, 0.29) is 0 Å². The Bertz CT molecular complexity index is 350. The fraction of sp³-hybridized carbons (Fsp3) is 0.769. The molecule has 0 amide bonds. The minimum atomic E-state index is 0.385. The Balaban J connectivity index is 1.75. The van der Waals surface area contributed by atoms with Crippen LogP contribution in [0.15, 0.2) is 5.38 Å². The first-order chi connectivity index (χ1) is 8.19. The molecule has 0 radical (unpaired) electrons. The van der Waals surface area contributed by atoms with Gasteiger partial charge in [0, 0.05) is 18.0 Å². The van der Waals surface area contributed by atoms with Crippen molar-refractivity contribution in [3.8, 4) is 0 Å². The number of nitrogens with zero attached hydrogens (tertiary/aromatic N) is 2. The van der Waals surface area contributed by atoms with Gasteiger partial charge in [-0.2, -0.15) is 0 Å². The second kappa shape index (κ2) is 5.94.